The zero-order valence-corrected chi connectivity index (χ0v) is 17.8. The van der Waals surface area contributed by atoms with Gasteiger partial charge in [-0.05, 0) is 55.5 Å². The average Bonchev–Trinajstić information content (AvgIpc) is 3.30. The molecule has 2 aromatic rings. The van der Waals surface area contributed by atoms with Crippen molar-refractivity contribution in [1.82, 2.24) is 0 Å². The van der Waals surface area contributed by atoms with E-state index in [1.54, 1.807) is 27.6 Å². The number of rotatable bonds is 2. The summed E-state index contributed by atoms with van der Waals surface area (Å²) in [6.07, 6.45) is 7.67. The Morgan fingerprint density at radius 2 is 1.93 bits per heavy atom. The minimum absolute atomic E-state index is 0.0183. The van der Waals surface area contributed by atoms with Crippen molar-refractivity contribution >= 4 is 39.4 Å². The Balaban J connectivity index is 1.67. The smallest absolute Gasteiger partial charge is 0.232 e. The fourth-order valence-corrected chi connectivity index (χ4v) is 7.18. The number of nitrogens with zero attached hydrogens (tertiary/aromatic N) is 2. The SMILES string of the molecule is N#Cc1c(N2C(=O)C[C@H](c3cccs3)C3=C2CCCC3=O)sc2c1CCCCC2. The van der Waals surface area contributed by atoms with Crippen molar-refractivity contribution in [2.75, 3.05) is 4.90 Å². The molecule has 0 saturated heterocycles. The molecule has 2 aliphatic carbocycles. The molecule has 2 aromatic heterocycles. The van der Waals surface area contributed by atoms with Crippen LogP contribution in [0, 0.1) is 11.3 Å². The van der Waals surface area contributed by atoms with E-state index >= 15 is 0 Å². The molecule has 3 aliphatic rings. The zero-order valence-electron chi connectivity index (χ0n) is 16.2. The fraction of sp³-hybridized carbons (Fsp3) is 0.435. The van der Waals surface area contributed by atoms with Gasteiger partial charge in [-0.2, -0.15) is 5.26 Å². The number of hydrogen-bond donors (Lipinski definition) is 0. The van der Waals surface area contributed by atoms with Gasteiger partial charge >= 0.3 is 0 Å². The summed E-state index contributed by atoms with van der Waals surface area (Å²) < 4.78 is 0. The summed E-state index contributed by atoms with van der Waals surface area (Å²) in [5.41, 5.74) is 3.47. The van der Waals surface area contributed by atoms with E-state index in [4.69, 9.17) is 0 Å². The van der Waals surface area contributed by atoms with E-state index in [1.807, 2.05) is 17.5 Å². The number of fused-ring (bicyclic) bond motifs is 1. The van der Waals surface area contributed by atoms with Crippen LogP contribution in [-0.4, -0.2) is 11.7 Å². The van der Waals surface area contributed by atoms with Crippen molar-refractivity contribution in [3.05, 3.63) is 49.7 Å². The molecule has 4 nitrogen and oxygen atoms in total. The molecule has 0 fully saturated rings. The van der Waals surface area contributed by atoms with Gasteiger partial charge in [-0.1, -0.05) is 12.5 Å². The molecule has 1 aliphatic heterocycles. The monoisotopic (exact) mass is 422 g/mol. The van der Waals surface area contributed by atoms with Crippen LogP contribution in [0.2, 0.25) is 0 Å². The Morgan fingerprint density at radius 1 is 1.07 bits per heavy atom. The number of hydrogen-bond acceptors (Lipinski definition) is 5. The van der Waals surface area contributed by atoms with Crippen molar-refractivity contribution in [3.63, 3.8) is 0 Å². The summed E-state index contributed by atoms with van der Waals surface area (Å²) in [4.78, 5) is 30.5. The number of anilines is 1. The largest absolute Gasteiger partial charge is 0.294 e. The highest BCUT2D eigenvalue weighted by Gasteiger charge is 2.41. The minimum Gasteiger partial charge on any atom is -0.294 e. The third-order valence-electron chi connectivity index (χ3n) is 6.28. The second-order valence-electron chi connectivity index (χ2n) is 7.99. The molecule has 0 N–H and O–H groups in total. The summed E-state index contributed by atoms with van der Waals surface area (Å²) in [7, 11) is 0. The Bertz CT molecular complexity index is 1060. The van der Waals surface area contributed by atoms with E-state index in [0.717, 1.165) is 65.2 Å². The highest BCUT2D eigenvalue weighted by Crippen LogP contribution is 2.48. The lowest BCUT2D eigenvalue weighted by Gasteiger charge is -2.37. The van der Waals surface area contributed by atoms with Crippen LogP contribution in [-0.2, 0) is 22.4 Å². The molecular weight excluding hydrogens is 400 g/mol. The van der Waals surface area contributed by atoms with Gasteiger partial charge in [0, 0.05) is 39.8 Å². The Morgan fingerprint density at radius 3 is 2.72 bits per heavy atom. The third-order valence-corrected chi connectivity index (χ3v) is 8.54. The zero-order chi connectivity index (χ0) is 20.0. The molecule has 3 heterocycles. The molecule has 0 bridgehead atoms. The van der Waals surface area contributed by atoms with Crippen molar-refractivity contribution in [2.24, 2.45) is 0 Å². The molecule has 1 amide bonds. The molecule has 0 radical (unpaired) electrons. The maximum atomic E-state index is 13.4. The van der Waals surface area contributed by atoms with Crippen molar-refractivity contribution in [1.29, 1.82) is 5.26 Å². The van der Waals surface area contributed by atoms with Gasteiger partial charge in [0.25, 0.3) is 0 Å². The first kappa shape index (κ1) is 18.8. The van der Waals surface area contributed by atoms with Gasteiger partial charge in [-0.3, -0.25) is 14.5 Å². The van der Waals surface area contributed by atoms with Crippen molar-refractivity contribution < 1.29 is 9.59 Å². The summed E-state index contributed by atoms with van der Waals surface area (Å²) in [5.74, 6) is 0.0495. The maximum absolute atomic E-state index is 13.4. The van der Waals surface area contributed by atoms with Crippen molar-refractivity contribution in [2.45, 2.75) is 63.7 Å². The van der Waals surface area contributed by atoms with Crippen LogP contribution >= 0.6 is 22.7 Å². The molecule has 0 saturated carbocycles. The lowest BCUT2D eigenvalue weighted by molar-refractivity contribution is -0.119. The number of allylic oxidation sites excluding steroid dienone is 2. The maximum Gasteiger partial charge on any atom is 0.232 e. The van der Waals surface area contributed by atoms with Gasteiger partial charge in [0.05, 0.1) is 5.56 Å². The first-order valence-corrected chi connectivity index (χ1v) is 12.1. The quantitative estimate of drug-likeness (QED) is 0.602. The van der Waals surface area contributed by atoms with Crippen LogP contribution < -0.4 is 4.90 Å². The first-order valence-electron chi connectivity index (χ1n) is 10.4. The standard InChI is InChI=1S/C23H22N2O2S2/c24-13-16-14-6-2-1-3-9-20(14)29-23(16)25-17-7-4-8-18(26)22(17)15(12-21(25)27)19-10-5-11-28-19/h5,10-11,15H,1-4,6-9,12H2/t15-/m1/s1. The number of carbonyl (C=O) groups excluding carboxylic acids is 2. The summed E-state index contributed by atoms with van der Waals surface area (Å²) in [5, 5.41) is 12.7. The summed E-state index contributed by atoms with van der Waals surface area (Å²) >= 11 is 3.22. The van der Waals surface area contributed by atoms with Crippen LogP contribution in [0.15, 0.2) is 28.8 Å². The van der Waals surface area contributed by atoms with E-state index in [1.165, 1.54) is 11.3 Å². The molecule has 148 valence electrons. The Kier molecular flexibility index (Phi) is 4.89. The van der Waals surface area contributed by atoms with Gasteiger partial charge in [0.2, 0.25) is 5.91 Å². The predicted molar refractivity (Wildman–Crippen MR) is 115 cm³/mol. The predicted octanol–water partition coefficient (Wildman–Crippen LogP) is 5.48. The second kappa shape index (κ2) is 7.55. The lowest BCUT2D eigenvalue weighted by Crippen LogP contribution is -2.40. The van der Waals surface area contributed by atoms with E-state index in [0.29, 0.717) is 18.4 Å². The van der Waals surface area contributed by atoms with E-state index in [-0.39, 0.29) is 17.6 Å². The Hall–Kier alpha value is -2.23. The molecule has 0 spiro atoms. The number of amides is 1. The van der Waals surface area contributed by atoms with Gasteiger partial charge in [0.1, 0.15) is 11.1 Å². The summed E-state index contributed by atoms with van der Waals surface area (Å²) in [6.45, 7) is 0. The topological polar surface area (TPSA) is 61.2 Å². The number of aryl methyl sites for hydroxylation is 1. The lowest BCUT2D eigenvalue weighted by atomic mass is 9.80. The molecule has 5 rings (SSSR count). The normalized spacial score (nSPS) is 22.2. The van der Waals surface area contributed by atoms with Crippen LogP contribution in [0.3, 0.4) is 0 Å². The Labute approximate surface area is 178 Å². The van der Waals surface area contributed by atoms with E-state index in [9.17, 15) is 14.9 Å². The number of nitriles is 1. The molecule has 1 atom stereocenters. The highest BCUT2D eigenvalue weighted by molar-refractivity contribution is 7.16. The van der Waals surface area contributed by atoms with E-state index in [2.05, 4.69) is 6.07 Å². The molecule has 0 unspecified atom stereocenters. The molecular formula is C23H22N2O2S2. The van der Waals surface area contributed by atoms with Crippen LogP contribution in [0.5, 0.6) is 0 Å². The van der Waals surface area contributed by atoms with Crippen LogP contribution in [0.4, 0.5) is 5.00 Å². The number of Topliss-reactive ketones (excluding diaryl/α,β-unsaturated/α-hetero) is 1. The number of ketones is 1. The van der Waals surface area contributed by atoms with Gasteiger partial charge in [0.15, 0.2) is 5.78 Å². The summed E-state index contributed by atoms with van der Waals surface area (Å²) in [6, 6.07) is 6.41. The first-order chi connectivity index (χ1) is 14.2. The van der Waals surface area contributed by atoms with Crippen LogP contribution in [0.25, 0.3) is 0 Å². The van der Waals surface area contributed by atoms with Gasteiger partial charge in [-0.25, -0.2) is 0 Å². The van der Waals surface area contributed by atoms with Gasteiger partial charge < -0.3 is 0 Å². The second-order valence-corrected chi connectivity index (χ2v) is 10.1. The van der Waals surface area contributed by atoms with E-state index < -0.39 is 0 Å². The highest BCUT2D eigenvalue weighted by atomic mass is 32.1. The van der Waals surface area contributed by atoms with Gasteiger partial charge in [-0.15, -0.1) is 22.7 Å². The molecule has 29 heavy (non-hydrogen) atoms. The molecule has 6 heteroatoms. The minimum atomic E-state index is -0.134. The third kappa shape index (κ3) is 3.08. The van der Waals surface area contributed by atoms with Crippen LogP contribution in [0.1, 0.15) is 71.7 Å². The fourth-order valence-electron chi connectivity index (χ4n) is 4.96. The number of thiophene rings is 2. The molecule has 0 aromatic carbocycles. The van der Waals surface area contributed by atoms with Crippen molar-refractivity contribution in [3.8, 4) is 6.07 Å². The number of carbonyl (C=O) groups is 2. The average molecular weight is 423 g/mol.